The molecule has 1 aliphatic rings. The van der Waals surface area contributed by atoms with Gasteiger partial charge < -0.3 is 4.42 Å². The van der Waals surface area contributed by atoms with E-state index in [1.807, 2.05) is 42.1 Å². The maximum atomic E-state index is 7.56. The van der Waals surface area contributed by atoms with Crippen LogP contribution in [0.4, 0.5) is 5.82 Å². The Morgan fingerprint density at radius 1 is 1.36 bits per heavy atom. The number of hydrogen-bond donors (Lipinski definition) is 0. The van der Waals surface area contributed by atoms with E-state index in [0.717, 1.165) is 22.4 Å². The highest BCUT2D eigenvalue weighted by atomic mass is 16.3. The van der Waals surface area contributed by atoms with E-state index in [4.69, 9.17) is 8.53 Å². The highest BCUT2D eigenvalue weighted by molar-refractivity contribution is 6.79. The minimum Gasteiger partial charge on any atom is -0.439 e. The van der Waals surface area contributed by atoms with Crippen LogP contribution in [0.2, 0.25) is 6.82 Å². The van der Waals surface area contributed by atoms with Crippen LogP contribution >= 0.6 is 0 Å². The van der Waals surface area contributed by atoms with Crippen molar-refractivity contribution in [3.05, 3.63) is 54.2 Å². The van der Waals surface area contributed by atoms with E-state index in [0.29, 0.717) is 11.3 Å². The third-order valence-corrected chi connectivity index (χ3v) is 4.13. The number of nitrogens with zero attached hydrogens (tertiary/aromatic N) is 3. The summed E-state index contributed by atoms with van der Waals surface area (Å²) in [6, 6.07) is 7.41. The van der Waals surface area contributed by atoms with Gasteiger partial charge in [-0.15, -0.1) is 0 Å². The highest BCUT2D eigenvalue weighted by Gasteiger charge is 2.37. The summed E-state index contributed by atoms with van der Waals surface area (Å²) in [5, 5.41) is 1.00. The minimum atomic E-state index is -2.11. The van der Waals surface area contributed by atoms with Crippen molar-refractivity contribution < 1.29 is 13.1 Å². The number of aromatic nitrogens is 2. The van der Waals surface area contributed by atoms with Crippen molar-refractivity contribution in [2.75, 3.05) is 4.81 Å². The molecule has 4 nitrogen and oxygen atoms in total. The second kappa shape index (κ2) is 4.73. The van der Waals surface area contributed by atoms with Crippen LogP contribution in [0.5, 0.6) is 0 Å². The fourth-order valence-electron chi connectivity index (χ4n) is 3.08. The topological polar surface area (TPSA) is 33.2 Å². The van der Waals surface area contributed by atoms with E-state index < -0.39 is 6.85 Å². The number of hydrogen-bond acceptors (Lipinski definition) is 3. The molecule has 0 bridgehead atoms. The van der Waals surface area contributed by atoms with Gasteiger partial charge in [-0.1, -0.05) is 0 Å². The molecular formula is C17H17BN3O+. The Balaban J connectivity index is 1.78. The fourth-order valence-corrected chi connectivity index (χ4v) is 3.08. The molecule has 0 saturated carbocycles. The lowest BCUT2D eigenvalue weighted by Gasteiger charge is -2.22. The third kappa shape index (κ3) is 1.85. The van der Waals surface area contributed by atoms with Gasteiger partial charge in [0, 0.05) is 33.3 Å². The number of fused-ring (bicyclic) bond motifs is 3. The van der Waals surface area contributed by atoms with E-state index in [-0.39, 0.29) is 6.85 Å². The highest BCUT2D eigenvalue weighted by Crippen LogP contribution is 2.24. The van der Waals surface area contributed by atoms with E-state index in [1.54, 1.807) is 18.5 Å². The summed E-state index contributed by atoms with van der Waals surface area (Å²) in [6.07, 6.45) is 7.26. The van der Waals surface area contributed by atoms with E-state index in [9.17, 15) is 0 Å². The maximum Gasteiger partial charge on any atom is 0.413 e. The van der Waals surface area contributed by atoms with Crippen LogP contribution in [-0.2, 0) is 7.05 Å². The van der Waals surface area contributed by atoms with E-state index in [1.165, 1.54) is 0 Å². The van der Waals surface area contributed by atoms with Crippen molar-refractivity contribution >= 4 is 35.3 Å². The zero-order valence-corrected chi connectivity index (χ0v) is 12.4. The molecule has 108 valence electrons. The number of aryl methyl sites for hydroxylation is 2. The molecule has 4 heterocycles. The normalized spacial score (nSPS) is 16.4. The van der Waals surface area contributed by atoms with Gasteiger partial charge >= 0.3 is 6.85 Å². The molecule has 0 spiro atoms. The van der Waals surface area contributed by atoms with Crippen LogP contribution < -0.4 is 14.8 Å². The summed E-state index contributed by atoms with van der Waals surface area (Å²) >= 11 is 0. The SMILES string of the molecule is [2H]C([2H])([2H])c1ccc(N2C=Cc3oc4ncccc4c3B2C)[n+](C)c1. The second-order valence-corrected chi connectivity index (χ2v) is 5.52. The van der Waals surface area contributed by atoms with Gasteiger partial charge in [-0.3, -0.25) is 4.81 Å². The monoisotopic (exact) mass is 293 g/mol. The van der Waals surface area contributed by atoms with Crippen molar-refractivity contribution in [2.24, 2.45) is 7.05 Å². The molecule has 0 fully saturated rings. The first kappa shape index (κ1) is 10.2. The van der Waals surface area contributed by atoms with Gasteiger partial charge in [0.15, 0.2) is 0 Å². The zero-order valence-electron chi connectivity index (χ0n) is 15.4. The molecule has 4 rings (SSSR count). The summed E-state index contributed by atoms with van der Waals surface area (Å²) in [7, 11) is 1.86. The molecule has 0 aromatic carbocycles. The van der Waals surface area contributed by atoms with Gasteiger partial charge in [0.05, 0.1) is 19.4 Å². The quantitative estimate of drug-likeness (QED) is 0.510. The Labute approximate surface area is 134 Å². The van der Waals surface area contributed by atoms with Gasteiger partial charge in [-0.25, -0.2) is 9.55 Å². The Morgan fingerprint density at radius 3 is 3.09 bits per heavy atom. The van der Waals surface area contributed by atoms with Crippen LogP contribution in [-0.4, -0.2) is 11.8 Å². The average molecular weight is 293 g/mol. The van der Waals surface area contributed by atoms with Crippen LogP contribution in [0.3, 0.4) is 0 Å². The van der Waals surface area contributed by atoms with Crippen molar-refractivity contribution in [1.82, 2.24) is 4.98 Å². The number of rotatable bonds is 1. The van der Waals surface area contributed by atoms with Crippen molar-refractivity contribution in [3.8, 4) is 0 Å². The van der Waals surface area contributed by atoms with Gasteiger partial charge in [-0.05, 0) is 37.4 Å². The molecule has 0 radical (unpaired) electrons. The van der Waals surface area contributed by atoms with E-state index >= 15 is 0 Å². The molecule has 0 N–H and O–H groups in total. The first-order valence-corrected chi connectivity index (χ1v) is 7.20. The predicted molar refractivity (Wildman–Crippen MR) is 89.1 cm³/mol. The smallest absolute Gasteiger partial charge is 0.413 e. The predicted octanol–water partition coefficient (Wildman–Crippen LogP) is 2.28. The largest absolute Gasteiger partial charge is 0.439 e. The number of anilines is 1. The molecule has 3 aromatic rings. The standard InChI is InChI=1S/C17H17BN3O/c1-12-6-7-15(20(3)11-12)21-10-8-14-16(18(21)2)13-5-4-9-19-17(13)22-14/h4-11H,1-3H3/q+1/i1D3. The second-order valence-electron chi connectivity index (χ2n) is 5.52. The Hall–Kier alpha value is -2.56. The molecule has 3 aromatic heterocycles. The first-order valence-electron chi connectivity index (χ1n) is 8.70. The lowest BCUT2D eigenvalue weighted by molar-refractivity contribution is -0.658. The average Bonchev–Trinajstić information content (AvgIpc) is 2.94. The van der Waals surface area contributed by atoms with Crippen molar-refractivity contribution in [3.63, 3.8) is 0 Å². The zero-order chi connectivity index (χ0) is 17.8. The Bertz CT molecular complexity index is 996. The Kier molecular flexibility index (Phi) is 2.20. The third-order valence-electron chi connectivity index (χ3n) is 4.13. The molecule has 0 saturated heterocycles. The molecule has 0 aliphatic carbocycles. The minimum absolute atomic E-state index is 0.0373. The fraction of sp³-hybridized carbons (Fsp3) is 0.176. The molecule has 0 unspecified atom stereocenters. The van der Waals surface area contributed by atoms with Crippen LogP contribution in [0, 0.1) is 6.85 Å². The van der Waals surface area contributed by atoms with E-state index in [2.05, 4.69) is 16.6 Å². The lowest BCUT2D eigenvalue weighted by Crippen LogP contribution is -2.50. The lowest BCUT2D eigenvalue weighted by atomic mass is 9.54. The van der Waals surface area contributed by atoms with Crippen LogP contribution in [0.1, 0.15) is 15.4 Å². The molecular weight excluding hydrogens is 273 g/mol. The molecule has 1 aliphatic heterocycles. The maximum absolute atomic E-state index is 7.56. The van der Waals surface area contributed by atoms with Gasteiger partial charge in [0.25, 0.3) is 5.82 Å². The molecule has 0 atom stereocenters. The number of pyridine rings is 2. The molecule has 22 heavy (non-hydrogen) atoms. The van der Waals surface area contributed by atoms with Crippen molar-refractivity contribution in [2.45, 2.75) is 13.7 Å². The molecule has 0 amide bonds. The summed E-state index contributed by atoms with van der Waals surface area (Å²) in [6.45, 7) is 0.0246. The summed E-state index contributed by atoms with van der Waals surface area (Å²) in [5.74, 6) is 1.72. The molecule has 5 heteroatoms. The Morgan fingerprint density at radius 2 is 2.27 bits per heavy atom. The van der Waals surface area contributed by atoms with Crippen molar-refractivity contribution in [1.29, 1.82) is 0 Å². The van der Waals surface area contributed by atoms with Crippen LogP contribution in [0.15, 0.2) is 47.3 Å². The van der Waals surface area contributed by atoms with Gasteiger partial charge in [-0.2, -0.15) is 0 Å². The summed E-state index contributed by atoms with van der Waals surface area (Å²) < 4.78 is 30.4. The van der Waals surface area contributed by atoms with Gasteiger partial charge in [0.1, 0.15) is 5.76 Å². The van der Waals surface area contributed by atoms with Gasteiger partial charge in [0.2, 0.25) is 5.71 Å². The summed E-state index contributed by atoms with van der Waals surface area (Å²) in [5.41, 5.74) is 2.05. The van der Waals surface area contributed by atoms with Crippen LogP contribution in [0.25, 0.3) is 17.2 Å². The summed E-state index contributed by atoms with van der Waals surface area (Å²) in [4.78, 5) is 6.39. The number of furan rings is 1. The first-order chi connectivity index (χ1) is 11.9.